The van der Waals surface area contributed by atoms with Gasteiger partial charge in [0.2, 0.25) is 5.92 Å². The van der Waals surface area contributed by atoms with Crippen molar-refractivity contribution in [1.29, 1.82) is 0 Å². The Morgan fingerprint density at radius 3 is 2.36 bits per heavy atom. The monoisotopic (exact) mass is 390 g/mol. The summed E-state index contributed by atoms with van der Waals surface area (Å²) in [6.45, 7) is -0.591. The Labute approximate surface area is 142 Å². The lowest BCUT2D eigenvalue weighted by Gasteiger charge is -2.38. The number of benzene rings is 1. The van der Waals surface area contributed by atoms with Crippen LogP contribution in [0.25, 0.3) is 0 Å². The van der Waals surface area contributed by atoms with E-state index in [1.165, 1.54) is 12.1 Å². The van der Waals surface area contributed by atoms with Crippen molar-refractivity contribution in [3.63, 3.8) is 0 Å². The van der Waals surface area contributed by atoms with Crippen molar-refractivity contribution in [2.75, 3.05) is 6.61 Å². The van der Waals surface area contributed by atoms with Crippen LogP contribution in [0.4, 0.5) is 30.7 Å². The van der Waals surface area contributed by atoms with Gasteiger partial charge in [-0.15, -0.1) is 0 Å². The van der Waals surface area contributed by atoms with Crippen molar-refractivity contribution in [2.45, 2.75) is 47.3 Å². The van der Waals surface area contributed by atoms with Crippen molar-refractivity contribution in [1.82, 2.24) is 0 Å². The van der Waals surface area contributed by atoms with Crippen LogP contribution in [0, 0.1) is 5.92 Å². The zero-order valence-electron chi connectivity index (χ0n) is 12.5. The number of alkyl halides is 7. The fraction of sp³-hybridized carbons (Fsp3) is 0.600. The molecule has 1 saturated carbocycles. The molecule has 1 unspecified atom stereocenters. The number of rotatable bonds is 4. The van der Waals surface area contributed by atoms with Gasteiger partial charge in [-0.3, -0.25) is 0 Å². The van der Waals surface area contributed by atoms with Crippen molar-refractivity contribution in [2.24, 2.45) is 5.92 Å². The highest BCUT2D eigenvalue weighted by Gasteiger charge is 2.63. The maximum Gasteiger partial charge on any atom is 0.446 e. The largest absolute Gasteiger partial charge is 0.446 e. The van der Waals surface area contributed by atoms with E-state index in [4.69, 9.17) is 4.74 Å². The van der Waals surface area contributed by atoms with Gasteiger partial charge in [0.25, 0.3) is 5.79 Å². The van der Waals surface area contributed by atoms with Crippen molar-refractivity contribution in [3.05, 3.63) is 29.3 Å². The van der Waals surface area contributed by atoms with E-state index in [9.17, 15) is 35.8 Å². The third-order valence-electron chi connectivity index (χ3n) is 4.29. The highest BCUT2D eigenvalue weighted by atomic mass is 32.2. The summed E-state index contributed by atoms with van der Waals surface area (Å²) in [5.74, 6) is -10.8. The van der Waals surface area contributed by atoms with E-state index in [1.807, 2.05) is 0 Å². The number of aliphatic hydroxyl groups is 1. The molecule has 2 aliphatic rings. The van der Waals surface area contributed by atoms with Gasteiger partial charge in [0.1, 0.15) is 0 Å². The normalized spacial score (nSPS) is 27.8. The summed E-state index contributed by atoms with van der Waals surface area (Å²) in [4.78, 5) is -0.594. The van der Waals surface area contributed by atoms with Crippen LogP contribution in [0.5, 0.6) is 0 Å². The average molecular weight is 390 g/mol. The second-order valence-corrected chi connectivity index (χ2v) is 7.41. The SMILES string of the molecule is OC1(OCC2CC(F)(F)C2)c2c(cccc2SC(F)(F)F)CC1(F)F. The lowest BCUT2D eigenvalue weighted by atomic mass is 9.82. The fourth-order valence-corrected chi connectivity index (χ4v) is 3.95. The molecule has 0 spiro atoms. The number of hydrogen-bond donors (Lipinski definition) is 1. The summed E-state index contributed by atoms with van der Waals surface area (Å²) in [5, 5.41) is 10.4. The maximum atomic E-state index is 14.3. The van der Waals surface area contributed by atoms with Crippen LogP contribution in [-0.4, -0.2) is 29.1 Å². The van der Waals surface area contributed by atoms with Gasteiger partial charge in [-0.2, -0.15) is 22.0 Å². The lowest BCUT2D eigenvalue weighted by molar-refractivity contribution is -0.328. The van der Waals surface area contributed by atoms with E-state index in [1.54, 1.807) is 0 Å². The highest BCUT2D eigenvalue weighted by molar-refractivity contribution is 8.00. The molecule has 0 heterocycles. The molecule has 140 valence electrons. The quantitative estimate of drug-likeness (QED) is 0.459. The Hall–Kier alpha value is -1.00. The van der Waals surface area contributed by atoms with Gasteiger partial charge in [0, 0.05) is 29.7 Å². The van der Waals surface area contributed by atoms with Gasteiger partial charge in [-0.25, -0.2) is 8.78 Å². The van der Waals surface area contributed by atoms with Crippen LogP contribution in [0.1, 0.15) is 24.0 Å². The maximum absolute atomic E-state index is 14.3. The Morgan fingerprint density at radius 2 is 1.80 bits per heavy atom. The van der Waals surface area contributed by atoms with Gasteiger partial charge in [-0.1, -0.05) is 12.1 Å². The molecule has 0 bridgehead atoms. The first-order valence-corrected chi connectivity index (χ1v) is 8.15. The van der Waals surface area contributed by atoms with E-state index in [0.717, 1.165) is 6.07 Å². The average Bonchev–Trinajstić information content (AvgIpc) is 2.60. The molecule has 3 rings (SSSR count). The Kier molecular flexibility index (Phi) is 4.32. The summed E-state index contributed by atoms with van der Waals surface area (Å²) in [6.07, 6.45) is -2.13. The Bertz CT molecular complexity index is 668. The molecule has 0 aliphatic heterocycles. The van der Waals surface area contributed by atoms with Crippen LogP contribution in [0.15, 0.2) is 23.1 Å². The number of hydrogen-bond acceptors (Lipinski definition) is 3. The first-order valence-electron chi connectivity index (χ1n) is 7.33. The van der Waals surface area contributed by atoms with E-state index in [-0.39, 0.29) is 5.56 Å². The zero-order valence-corrected chi connectivity index (χ0v) is 13.4. The molecular formula is C15H13F7O2S. The first kappa shape index (κ1) is 18.8. The van der Waals surface area contributed by atoms with E-state index >= 15 is 0 Å². The van der Waals surface area contributed by atoms with Gasteiger partial charge in [0.15, 0.2) is 0 Å². The van der Waals surface area contributed by atoms with Gasteiger partial charge < -0.3 is 9.84 Å². The topological polar surface area (TPSA) is 29.5 Å². The van der Waals surface area contributed by atoms with Crippen molar-refractivity contribution in [3.8, 4) is 0 Å². The van der Waals surface area contributed by atoms with Crippen LogP contribution in [-0.2, 0) is 16.9 Å². The molecule has 1 aromatic carbocycles. The second kappa shape index (κ2) is 5.75. The molecule has 10 heteroatoms. The Balaban J connectivity index is 1.89. The zero-order chi connectivity index (χ0) is 18.7. The lowest BCUT2D eigenvalue weighted by Crippen LogP contribution is -2.47. The summed E-state index contributed by atoms with van der Waals surface area (Å²) >= 11 is -0.630. The number of fused-ring (bicyclic) bond motifs is 1. The smallest absolute Gasteiger partial charge is 0.357 e. The molecule has 1 atom stereocenters. The van der Waals surface area contributed by atoms with E-state index in [0.29, 0.717) is 0 Å². The third kappa shape index (κ3) is 3.48. The molecule has 0 aromatic heterocycles. The number of thioether (sulfide) groups is 1. The minimum atomic E-state index is -4.75. The van der Waals surface area contributed by atoms with Crippen LogP contribution in [0.2, 0.25) is 0 Å². The Morgan fingerprint density at radius 1 is 1.16 bits per heavy atom. The molecule has 2 nitrogen and oxygen atoms in total. The molecule has 25 heavy (non-hydrogen) atoms. The van der Waals surface area contributed by atoms with Crippen molar-refractivity contribution < 1.29 is 40.6 Å². The predicted octanol–water partition coefficient (Wildman–Crippen LogP) is 4.70. The minimum absolute atomic E-state index is 0.166. The van der Waals surface area contributed by atoms with Crippen LogP contribution >= 0.6 is 11.8 Å². The fourth-order valence-electron chi connectivity index (χ4n) is 3.18. The third-order valence-corrected chi connectivity index (χ3v) is 5.08. The van der Waals surface area contributed by atoms with E-state index in [2.05, 4.69) is 0 Å². The van der Waals surface area contributed by atoms with Crippen molar-refractivity contribution >= 4 is 11.8 Å². The molecule has 1 fully saturated rings. The van der Waals surface area contributed by atoms with Gasteiger partial charge >= 0.3 is 11.4 Å². The predicted molar refractivity (Wildman–Crippen MR) is 74.5 cm³/mol. The van der Waals surface area contributed by atoms with Crippen LogP contribution in [0.3, 0.4) is 0 Å². The second-order valence-electron chi connectivity index (χ2n) is 6.30. The molecule has 0 saturated heterocycles. The minimum Gasteiger partial charge on any atom is -0.357 e. The molecule has 2 aliphatic carbocycles. The summed E-state index contributed by atoms with van der Waals surface area (Å²) in [6, 6.07) is 3.33. The standard InChI is InChI=1S/C15H13F7O2S/c16-12(17)4-8(5-12)7-24-14(23)11-9(6-13(14,18)19)2-1-3-10(11)25-15(20,21)22/h1-3,8,23H,4-7H2. The molecule has 1 N–H and O–H groups in total. The van der Waals surface area contributed by atoms with Gasteiger partial charge in [-0.05, 0) is 29.3 Å². The highest BCUT2D eigenvalue weighted by Crippen LogP contribution is 2.54. The van der Waals surface area contributed by atoms with E-state index < -0.39 is 77.1 Å². The number of halogens is 7. The molecule has 0 amide bonds. The first-order chi connectivity index (χ1) is 11.3. The summed E-state index contributed by atoms with van der Waals surface area (Å²) in [7, 11) is 0. The van der Waals surface area contributed by atoms with Crippen LogP contribution < -0.4 is 0 Å². The molecule has 1 aromatic rings. The number of ether oxygens (including phenoxy) is 1. The van der Waals surface area contributed by atoms with Gasteiger partial charge in [0.05, 0.1) is 6.61 Å². The molecule has 0 radical (unpaired) electrons. The summed E-state index contributed by atoms with van der Waals surface area (Å²) < 4.78 is 97.2. The molecular weight excluding hydrogens is 377 g/mol. The summed E-state index contributed by atoms with van der Waals surface area (Å²) in [5.41, 5.74) is -5.56.